The van der Waals surface area contributed by atoms with E-state index >= 15 is 0 Å². The summed E-state index contributed by atoms with van der Waals surface area (Å²) in [6.45, 7) is -0.00872. The largest absolute Gasteiger partial charge is 0.392 e. The van der Waals surface area contributed by atoms with Crippen LogP contribution in [0, 0.1) is 0 Å². The Labute approximate surface area is 258 Å². The quantitative estimate of drug-likeness (QED) is 0.0575. The summed E-state index contributed by atoms with van der Waals surface area (Å²) in [6, 6.07) is 23.4. The highest BCUT2D eigenvalue weighted by atomic mass is 32.2. The number of fused-ring (bicyclic) bond motifs is 1. The number of hydroxylamine groups is 1. The van der Waals surface area contributed by atoms with Crippen LogP contribution in [-0.2, 0) is 25.7 Å². The van der Waals surface area contributed by atoms with Crippen molar-refractivity contribution < 1.29 is 29.4 Å². The fourth-order valence-electron chi connectivity index (χ4n) is 4.85. The first-order valence-electron chi connectivity index (χ1n) is 14.3. The molecule has 4 aromatic rings. The topological polar surface area (TPSA) is 130 Å². The Bertz CT molecular complexity index is 1460. The number of unbranched alkanes of at least 4 members (excludes halogenated alkanes) is 2. The molecule has 226 valence electrons. The van der Waals surface area contributed by atoms with Crippen molar-refractivity contribution in [1.82, 2.24) is 10.5 Å². The van der Waals surface area contributed by atoms with Gasteiger partial charge in [0.15, 0.2) is 10.6 Å². The molecule has 4 N–H and O–H groups in total. The zero-order chi connectivity index (χ0) is 30.0. The van der Waals surface area contributed by atoms with Crippen molar-refractivity contribution in [2.45, 2.75) is 68.0 Å². The molecule has 0 radical (unpaired) electrons. The summed E-state index contributed by atoms with van der Waals surface area (Å²) in [5.74, 6) is 0.214. The van der Waals surface area contributed by atoms with Crippen molar-refractivity contribution in [3.8, 4) is 0 Å². The smallest absolute Gasteiger partial charge is 0.243 e. The number of hydrogen-bond acceptors (Lipinski definition) is 9. The van der Waals surface area contributed by atoms with Crippen molar-refractivity contribution in [2.75, 3.05) is 11.1 Å². The van der Waals surface area contributed by atoms with E-state index in [0.29, 0.717) is 31.4 Å². The van der Waals surface area contributed by atoms with Gasteiger partial charge in [-0.3, -0.25) is 14.8 Å². The van der Waals surface area contributed by atoms with Gasteiger partial charge in [-0.05, 0) is 48.2 Å². The van der Waals surface area contributed by atoms with Crippen LogP contribution in [0.25, 0.3) is 10.2 Å². The summed E-state index contributed by atoms with van der Waals surface area (Å²) in [7, 11) is 0. The highest BCUT2D eigenvalue weighted by molar-refractivity contribution is 8.01. The van der Waals surface area contributed by atoms with Gasteiger partial charge >= 0.3 is 0 Å². The third kappa shape index (κ3) is 8.85. The third-order valence-electron chi connectivity index (χ3n) is 7.18. The lowest BCUT2D eigenvalue weighted by Gasteiger charge is -2.36. The van der Waals surface area contributed by atoms with Gasteiger partial charge in [0.2, 0.25) is 11.8 Å². The second kappa shape index (κ2) is 15.4. The second-order valence-corrected chi connectivity index (χ2v) is 12.7. The van der Waals surface area contributed by atoms with Crippen molar-refractivity contribution in [3.05, 3.63) is 89.5 Å². The maximum Gasteiger partial charge on any atom is 0.243 e. The molecule has 0 saturated carbocycles. The molecule has 0 spiro atoms. The zero-order valence-corrected chi connectivity index (χ0v) is 25.2. The average molecular weight is 622 g/mol. The van der Waals surface area contributed by atoms with Crippen LogP contribution in [-0.4, -0.2) is 39.0 Å². The molecule has 1 aliphatic heterocycles. The number of ether oxygens (including phenoxy) is 2. The van der Waals surface area contributed by atoms with Crippen molar-refractivity contribution in [3.63, 3.8) is 0 Å². The Kier molecular flexibility index (Phi) is 11.2. The van der Waals surface area contributed by atoms with Crippen LogP contribution >= 0.6 is 23.1 Å². The maximum atomic E-state index is 12.4. The van der Waals surface area contributed by atoms with Gasteiger partial charge in [0.05, 0.1) is 29.0 Å². The molecule has 3 atom stereocenters. The number of nitrogens with zero attached hydrogens (tertiary/aromatic N) is 1. The molecule has 0 unspecified atom stereocenters. The number of carbonyl (C=O) groups excluding carboxylic acids is 2. The molecule has 11 heteroatoms. The average Bonchev–Trinajstić information content (AvgIpc) is 3.47. The van der Waals surface area contributed by atoms with E-state index in [-0.39, 0.29) is 31.1 Å². The first-order chi connectivity index (χ1) is 21.0. The number of hydrogen-bond donors (Lipinski definition) is 4. The summed E-state index contributed by atoms with van der Waals surface area (Å²) < 4.78 is 15.1. The Morgan fingerprint density at radius 2 is 1.63 bits per heavy atom. The fourth-order valence-corrected chi connectivity index (χ4v) is 6.96. The number of thioether (sulfide) groups is 1. The van der Waals surface area contributed by atoms with Gasteiger partial charge in [-0.15, -0.1) is 11.3 Å². The number of nitrogens with one attached hydrogen (secondary N) is 2. The summed E-state index contributed by atoms with van der Waals surface area (Å²) in [5.41, 5.74) is 6.03. The van der Waals surface area contributed by atoms with E-state index in [1.165, 1.54) is 0 Å². The van der Waals surface area contributed by atoms with Gasteiger partial charge in [-0.2, -0.15) is 0 Å². The van der Waals surface area contributed by atoms with Crippen LogP contribution in [0.15, 0.2) is 77.1 Å². The molecule has 9 nitrogen and oxygen atoms in total. The normalized spacial score (nSPS) is 18.4. The van der Waals surface area contributed by atoms with Crippen LogP contribution in [0.5, 0.6) is 0 Å². The first kappa shape index (κ1) is 31.1. The minimum absolute atomic E-state index is 0.00872. The van der Waals surface area contributed by atoms with E-state index in [1.54, 1.807) is 28.6 Å². The van der Waals surface area contributed by atoms with E-state index in [0.717, 1.165) is 43.4 Å². The fraction of sp³-hybridized carbons (Fsp3) is 0.344. The lowest BCUT2D eigenvalue weighted by atomic mass is 10.0. The van der Waals surface area contributed by atoms with E-state index in [2.05, 4.69) is 11.4 Å². The standard InChI is InChI=1S/C32H35N3O6S2/c36-19-21-10-12-22(13-11-21)27-18-25(20-42-32-34-26-6-4-5-7-28(26)43-32)40-31(41-27)23-14-16-24(17-15-23)33-29(37)8-2-1-3-9-30(38)35-39/h4-7,10-17,25,27,31,36,39H,1-3,8-9,18-20H2,(H,33,37)(H,35,38)/t25-,27+,31+/m0/s1. The van der Waals surface area contributed by atoms with Gasteiger partial charge < -0.3 is 19.9 Å². The number of aliphatic hydroxyl groups is 1. The number of anilines is 1. The molecule has 1 aliphatic rings. The summed E-state index contributed by atoms with van der Waals surface area (Å²) in [4.78, 5) is 28.2. The number of aromatic nitrogens is 1. The lowest BCUT2D eigenvalue weighted by Crippen LogP contribution is -2.31. The maximum absolute atomic E-state index is 12.4. The molecule has 2 amide bonds. The molecule has 2 heterocycles. The number of amides is 2. The molecule has 1 aromatic heterocycles. The lowest BCUT2D eigenvalue weighted by molar-refractivity contribution is -0.245. The minimum Gasteiger partial charge on any atom is -0.392 e. The van der Waals surface area contributed by atoms with Gasteiger partial charge in [0.1, 0.15) is 0 Å². The molecule has 1 saturated heterocycles. The number of aliphatic hydroxyl groups excluding tert-OH is 1. The van der Waals surface area contributed by atoms with Crippen molar-refractivity contribution >= 4 is 50.8 Å². The zero-order valence-electron chi connectivity index (χ0n) is 23.6. The van der Waals surface area contributed by atoms with Crippen LogP contribution in [0.2, 0.25) is 0 Å². The third-order valence-corrected chi connectivity index (χ3v) is 9.49. The molecule has 5 rings (SSSR count). The highest BCUT2D eigenvalue weighted by Crippen LogP contribution is 2.40. The number of para-hydroxylation sites is 1. The van der Waals surface area contributed by atoms with Gasteiger partial charge in [0, 0.05) is 36.3 Å². The van der Waals surface area contributed by atoms with Crippen LogP contribution in [0.4, 0.5) is 5.69 Å². The number of rotatable bonds is 13. The predicted octanol–water partition coefficient (Wildman–Crippen LogP) is 6.52. The predicted molar refractivity (Wildman–Crippen MR) is 167 cm³/mol. The van der Waals surface area contributed by atoms with E-state index in [1.807, 2.05) is 66.7 Å². The van der Waals surface area contributed by atoms with E-state index in [9.17, 15) is 14.7 Å². The van der Waals surface area contributed by atoms with Gasteiger partial charge in [0.25, 0.3) is 0 Å². The molecule has 43 heavy (non-hydrogen) atoms. The number of thiazole rings is 1. The van der Waals surface area contributed by atoms with Crippen molar-refractivity contribution in [2.24, 2.45) is 0 Å². The summed E-state index contributed by atoms with van der Waals surface area (Å²) in [6.07, 6.45) is 2.41. The molecule has 0 bridgehead atoms. The van der Waals surface area contributed by atoms with Crippen LogP contribution in [0.1, 0.15) is 67.6 Å². The molecular weight excluding hydrogens is 587 g/mol. The monoisotopic (exact) mass is 621 g/mol. The number of benzene rings is 3. The minimum atomic E-state index is -0.585. The Morgan fingerprint density at radius 1 is 0.907 bits per heavy atom. The molecule has 1 fully saturated rings. The first-order valence-corrected chi connectivity index (χ1v) is 16.1. The van der Waals surface area contributed by atoms with E-state index < -0.39 is 12.2 Å². The second-order valence-electron chi connectivity index (χ2n) is 10.4. The molecular formula is C32H35N3O6S2. The van der Waals surface area contributed by atoms with Gasteiger partial charge in [-0.1, -0.05) is 66.7 Å². The highest BCUT2D eigenvalue weighted by Gasteiger charge is 2.32. The Balaban J connectivity index is 1.21. The van der Waals surface area contributed by atoms with Crippen molar-refractivity contribution in [1.29, 1.82) is 0 Å². The summed E-state index contributed by atoms with van der Waals surface area (Å²) in [5, 5.41) is 20.9. The Hall–Kier alpha value is -3.32. The molecule has 0 aliphatic carbocycles. The van der Waals surface area contributed by atoms with E-state index in [4.69, 9.17) is 19.7 Å². The Morgan fingerprint density at radius 3 is 2.35 bits per heavy atom. The SMILES string of the molecule is O=C(CCCCCC(=O)Nc1ccc([C@@H]2O[C@H](CSc3nc4ccccc4s3)C[C@H](c3ccc(CO)cc3)O2)cc1)NO. The van der Waals surface area contributed by atoms with Crippen LogP contribution < -0.4 is 10.8 Å². The summed E-state index contributed by atoms with van der Waals surface area (Å²) >= 11 is 3.37. The molecule has 3 aromatic carbocycles. The van der Waals surface area contributed by atoms with Crippen LogP contribution in [0.3, 0.4) is 0 Å². The van der Waals surface area contributed by atoms with Gasteiger partial charge in [-0.25, -0.2) is 10.5 Å². The number of carbonyl (C=O) groups is 2.